The van der Waals surface area contributed by atoms with Crippen LogP contribution in [0.25, 0.3) is 16.6 Å². The summed E-state index contributed by atoms with van der Waals surface area (Å²) in [6, 6.07) is 19.1. The third kappa shape index (κ3) is 4.09. The molecule has 0 aliphatic carbocycles. The third-order valence-electron chi connectivity index (χ3n) is 4.84. The van der Waals surface area contributed by atoms with Crippen LogP contribution in [0, 0.1) is 0 Å². The lowest BCUT2D eigenvalue weighted by molar-refractivity contribution is 0.0951. The van der Waals surface area contributed by atoms with Gasteiger partial charge in [-0.05, 0) is 54.1 Å². The molecule has 0 saturated heterocycles. The molecule has 1 aromatic heterocycles. The van der Waals surface area contributed by atoms with Crippen LogP contribution in [0.2, 0.25) is 0 Å². The highest BCUT2D eigenvalue weighted by Crippen LogP contribution is 2.27. The number of hydrogen-bond acceptors (Lipinski definition) is 6. The standard InChI is InChI=1S/C23H20N4O4/c1-30-20-12-7-15(13-21(20)31-2)14-24-22(28)16-8-10-17(11-9-16)27-23(29)18-5-3-4-6-19(18)25-26-27/h3-13H,14H2,1-2H3,(H,24,28). The molecule has 8 nitrogen and oxygen atoms in total. The molecule has 31 heavy (non-hydrogen) atoms. The molecule has 156 valence electrons. The second-order valence-corrected chi connectivity index (χ2v) is 6.74. The quantitative estimate of drug-likeness (QED) is 0.519. The van der Waals surface area contributed by atoms with Gasteiger partial charge in [-0.25, -0.2) is 0 Å². The lowest BCUT2D eigenvalue weighted by Crippen LogP contribution is -2.24. The summed E-state index contributed by atoms with van der Waals surface area (Å²) in [5, 5.41) is 11.4. The summed E-state index contributed by atoms with van der Waals surface area (Å²) in [5.74, 6) is 0.985. The maximum atomic E-state index is 12.7. The molecule has 0 spiro atoms. The lowest BCUT2D eigenvalue weighted by atomic mass is 10.1. The van der Waals surface area contributed by atoms with Crippen molar-refractivity contribution in [2.24, 2.45) is 0 Å². The maximum absolute atomic E-state index is 12.7. The number of ether oxygens (including phenoxy) is 2. The zero-order valence-electron chi connectivity index (χ0n) is 17.0. The first-order chi connectivity index (χ1) is 15.1. The Balaban J connectivity index is 1.49. The SMILES string of the molecule is COc1ccc(CNC(=O)c2ccc(-n3nnc4ccccc4c3=O)cc2)cc1OC. The van der Waals surface area contributed by atoms with Gasteiger partial charge in [-0.2, -0.15) is 4.68 Å². The first-order valence-corrected chi connectivity index (χ1v) is 9.55. The van der Waals surface area contributed by atoms with Gasteiger partial charge in [0.15, 0.2) is 11.5 Å². The van der Waals surface area contributed by atoms with Gasteiger partial charge in [0.2, 0.25) is 0 Å². The average Bonchev–Trinajstić information content (AvgIpc) is 2.83. The van der Waals surface area contributed by atoms with Crippen LogP contribution in [0.5, 0.6) is 11.5 Å². The van der Waals surface area contributed by atoms with Gasteiger partial charge >= 0.3 is 0 Å². The van der Waals surface area contributed by atoms with Gasteiger partial charge in [0.05, 0.1) is 25.3 Å². The van der Waals surface area contributed by atoms with Crippen molar-refractivity contribution >= 4 is 16.8 Å². The Hall–Kier alpha value is -4.20. The smallest absolute Gasteiger partial charge is 0.282 e. The summed E-state index contributed by atoms with van der Waals surface area (Å²) in [7, 11) is 3.13. The van der Waals surface area contributed by atoms with E-state index in [1.165, 1.54) is 4.68 Å². The number of carbonyl (C=O) groups is 1. The Morgan fingerprint density at radius 3 is 2.45 bits per heavy atom. The van der Waals surface area contributed by atoms with Crippen molar-refractivity contribution in [3.8, 4) is 17.2 Å². The van der Waals surface area contributed by atoms with Crippen LogP contribution in [0.4, 0.5) is 0 Å². The third-order valence-corrected chi connectivity index (χ3v) is 4.84. The number of hydrogen-bond donors (Lipinski definition) is 1. The molecule has 0 aliphatic rings. The van der Waals surface area contributed by atoms with Crippen LogP contribution in [0.3, 0.4) is 0 Å². The fraction of sp³-hybridized carbons (Fsp3) is 0.130. The van der Waals surface area contributed by atoms with E-state index in [4.69, 9.17) is 9.47 Å². The van der Waals surface area contributed by atoms with Crippen molar-refractivity contribution in [2.45, 2.75) is 6.54 Å². The molecule has 4 aromatic rings. The minimum atomic E-state index is -0.267. The second-order valence-electron chi connectivity index (χ2n) is 6.74. The van der Waals surface area contributed by atoms with E-state index in [-0.39, 0.29) is 11.5 Å². The van der Waals surface area contributed by atoms with Gasteiger partial charge in [0.1, 0.15) is 5.52 Å². The van der Waals surface area contributed by atoms with Crippen molar-refractivity contribution in [1.82, 2.24) is 20.3 Å². The summed E-state index contributed by atoms with van der Waals surface area (Å²) >= 11 is 0. The van der Waals surface area contributed by atoms with Gasteiger partial charge in [0.25, 0.3) is 11.5 Å². The maximum Gasteiger partial charge on any atom is 0.282 e. The van der Waals surface area contributed by atoms with Gasteiger partial charge < -0.3 is 14.8 Å². The second kappa shape index (κ2) is 8.66. The van der Waals surface area contributed by atoms with Crippen LogP contribution in [-0.2, 0) is 6.54 Å². The van der Waals surface area contributed by atoms with Gasteiger partial charge in [0, 0.05) is 12.1 Å². The average molecular weight is 416 g/mol. The number of benzene rings is 3. The molecular formula is C23H20N4O4. The number of rotatable bonds is 6. The van der Waals surface area contributed by atoms with Crippen LogP contribution < -0.4 is 20.3 Å². The highest BCUT2D eigenvalue weighted by molar-refractivity contribution is 5.94. The Morgan fingerprint density at radius 2 is 1.71 bits per heavy atom. The van der Waals surface area contributed by atoms with E-state index in [1.54, 1.807) is 68.8 Å². The molecule has 0 aliphatic heterocycles. The monoisotopic (exact) mass is 416 g/mol. The van der Waals surface area contributed by atoms with E-state index in [9.17, 15) is 9.59 Å². The normalized spacial score (nSPS) is 10.6. The summed E-state index contributed by atoms with van der Waals surface area (Å²) in [4.78, 5) is 25.2. The van der Waals surface area contributed by atoms with Crippen molar-refractivity contribution in [3.05, 3.63) is 88.2 Å². The molecule has 1 amide bonds. The summed E-state index contributed by atoms with van der Waals surface area (Å²) in [6.45, 7) is 0.330. The predicted molar refractivity (Wildman–Crippen MR) is 116 cm³/mol. The van der Waals surface area contributed by atoms with E-state index in [0.29, 0.717) is 40.2 Å². The molecule has 0 saturated carbocycles. The molecule has 8 heteroatoms. The molecule has 3 aromatic carbocycles. The molecule has 0 radical (unpaired) electrons. The van der Waals surface area contributed by atoms with Gasteiger partial charge in [-0.15, -0.1) is 5.10 Å². The Kier molecular flexibility index (Phi) is 5.61. The predicted octanol–water partition coefficient (Wildman–Crippen LogP) is 2.73. The van der Waals surface area contributed by atoms with E-state index in [0.717, 1.165) is 5.56 Å². The van der Waals surface area contributed by atoms with Gasteiger partial charge in [-0.1, -0.05) is 23.4 Å². The van der Waals surface area contributed by atoms with Crippen molar-refractivity contribution in [1.29, 1.82) is 0 Å². The molecule has 1 heterocycles. The van der Waals surface area contributed by atoms with Crippen LogP contribution in [0.15, 0.2) is 71.5 Å². The zero-order chi connectivity index (χ0) is 21.8. The van der Waals surface area contributed by atoms with Crippen LogP contribution in [0.1, 0.15) is 15.9 Å². The number of carbonyl (C=O) groups excluding carboxylic acids is 1. The number of fused-ring (bicyclic) bond motifs is 1. The Morgan fingerprint density at radius 1 is 0.968 bits per heavy atom. The number of methoxy groups -OCH3 is 2. The minimum absolute atomic E-state index is 0.238. The van der Waals surface area contributed by atoms with Gasteiger partial charge in [-0.3, -0.25) is 9.59 Å². The van der Waals surface area contributed by atoms with Crippen LogP contribution in [-0.4, -0.2) is 35.1 Å². The topological polar surface area (TPSA) is 95.3 Å². The van der Waals surface area contributed by atoms with Crippen molar-refractivity contribution in [3.63, 3.8) is 0 Å². The molecular weight excluding hydrogens is 396 g/mol. The van der Waals surface area contributed by atoms with Crippen molar-refractivity contribution in [2.75, 3.05) is 14.2 Å². The zero-order valence-corrected chi connectivity index (χ0v) is 17.0. The summed E-state index contributed by atoms with van der Waals surface area (Å²) in [5.41, 5.74) is 2.14. The highest BCUT2D eigenvalue weighted by Gasteiger charge is 2.10. The van der Waals surface area contributed by atoms with E-state index in [1.807, 2.05) is 12.1 Å². The lowest BCUT2D eigenvalue weighted by Gasteiger charge is -2.11. The van der Waals surface area contributed by atoms with E-state index in [2.05, 4.69) is 15.6 Å². The summed E-state index contributed by atoms with van der Waals surface area (Å²) < 4.78 is 11.7. The molecule has 0 atom stereocenters. The first-order valence-electron chi connectivity index (χ1n) is 9.55. The number of nitrogens with zero attached hydrogens (tertiary/aromatic N) is 3. The highest BCUT2D eigenvalue weighted by atomic mass is 16.5. The van der Waals surface area contributed by atoms with E-state index >= 15 is 0 Å². The molecule has 0 fully saturated rings. The number of aromatic nitrogens is 3. The molecule has 4 rings (SSSR count). The molecule has 0 unspecified atom stereocenters. The molecule has 1 N–H and O–H groups in total. The Bertz CT molecular complexity index is 1300. The fourth-order valence-electron chi connectivity index (χ4n) is 3.19. The molecule has 0 bridgehead atoms. The number of amides is 1. The minimum Gasteiger partial charge on any atom is -0.493 e. The van der Waals surface area contributed by atoms with E-state index < -0.39 is 0 Å². The van der Waals surface area contributed by atoms with Crippen LogP contribution >= 0.6 is 0 Å². The number of nitrogens with one attached hydrogen (secondary N) is 1. The van der Waals surface area contributed by atoms with Crippen molar-refractivity contribution < 1.29 is 14.3 Å². The first kappa shape index (κ1) is 20.1. The Labute approximate surface area is 178 Å². The fourth-order valence-corrected chi connectivity index (χ4v) is 3.19. The largest absolute Gasteiger partial charge is 0.493 e. The summed E-state index contributed by atoms with van der Waals surface area (Å²) in [6.07, 6.45) is 0.